The number of piperidine rings is 1. The van der Waals surface area contributed by atoms with Crippen LogP contribution in [0.5, 0.6) is 0 Å². The van der Waals surface area contributed by atoms with E-state index in [2.05, 4.69) is 41.5 Å². The minimum Gasteiger partial charge on any atom is -0.207 e. The average Bonchev–Trinajstić information content (AvgIpc) is 2.97. The van der Waals surface area contributed by atoms with Crippen LogP contribution < -0.4 is 0 Å². The molecule has 0 amide bonds. The third-order valence-corrected chi connectivity index (χ3v) is 12.6. The van der Waals surface area contributed by atoms with E-state index in [-0.39, 0.29) is 5.41 Å². The van der Waals surface area contributed by atoms with Crippen LogP contribution in [0.2, 0.25) is 0 Å². The molecule has 0 radical (unpaired) electrons. The Hall–Kier alpha value is -1.65. The van der Waals surface area contributed by atoms with Crippen LogP contribution in [0.1, 0.15) is 99.3 Å². The Morgan fingerprint density at radius 3 is 1.64 bits per heavy atom. The fourth-order valence-corrected chi connectivity index (χ4v) is 10.4. The molecule has 2 fully saturated rings. The van der Waals surface area contributed by atoms with Crippen LogP contribution >= 0.6 is 0 Å². The molecule has 4 rings (SSSR count). The average molecular weight is 510 g/mol. The van der Waals surface area contributed by atoms with E-state index in [0.717, 1.165) is 6.42 Å². The SMILES string of the molecule is CC1=C(C)C2(C)N(S(=O)(=O)c3ccccccccc3)C1(C)C1CCCCCCCCCC1C2(C)C. The zero-order valence-corrected chi connectivity index (χ0v) is 24.2. The molecule has 2 bridgehead atoms. The molecule has 4 unspecified atom stereocenters. The normalized spacial score (nSPS) is 33.3. The molecule has 198 valence electrons. The summed E-state index contributed by atoms with van der Waals surface area (Å²) in [5.41, 5.74) is 1.25. The Balaban J connectivity index is 1.94. The van der Waals surface area contributed by atoms with Gasteiger partial charge in [0, 0.05) is 0 Å². The number of hydrogen-bond acceptors (Lipinski definition) is 2. The number of hydrogen-bond donors (Lipinski definition) is 0. The van der Waals surface area contributed by atoms with Gasteiger partial charge >= 0.3 is 0 Å². The van der Waals surface area contributed by atoms with E-state index in [9.17, 15) is 8.42 Å². The summed E-state index contributed by atoms with van der Waals surface area (Å²) in [5.74, 6) is 0.805. The highest BCUT2D eigenvalue weighted by Crippen LogP contribution is 2.68. The highest BCUT2D eigenvalue weighted by molar-refractivity contribution is 7.89. The second-order valence-electron chi connectivity index (χ2n) is 12.3. The molecule has 1 saturated carbocycles. The summed E-state index contributed by atoms with van der Waals surface area (Å²) in [5, 5.41) is 0. The number of rotatable bonds is 2. The van der Waals surface area contributed by atoms with Crippen molar-refractivity contribution in [1.82, 2.24) is 4.31 Å². The standard InChI is InChI=1S/C32H47NO2S/c1-25-26(2)32(6)30(3,4)28-23-19-15-11-8-12-16-20-24-29(28)31(25,5)33(32)36(34,35)27-21-17-13-9-7-10-14-18-22-27/h7,9-10,13-14,17-18,21-22,28-29H,8,11-12,15-16,19-20,23-24H2,1-6H3. The second kappa shape index (κ2) is 10.3. The lowest BCUT2D eigenvalue weighted by atomic mass is 9.53. The highest BCUT2D eigenvalue weighted by atomic mass is 32.2. The van der Waals surface area contributed by atoms with Gasteiger partial charge in [-0.2, -0.15) is 4.31 Å². The van der Waals surface area contributed by atoms with Crippen molar-refractivity contribution in [1.29, 1.82) is 0 Å². The Bertz CT molecular complexity index is 1130. The summed E-state index contributed by atoms with van der Waals surface area (Å²) < 4.78 is 31.5. The molecule has 2 heterocycles. The first-order valence-corrected chi connectivity index (χ1v) is 15.6. The lowest BCUT2D eigenvalue weighted by molar-refractivity contribution is -0.101. The van der Waals surface area contributed by atoms with Gasteiger partial charge in [-0.1, -0.05) is 112 Å². The lowest BCUT2D eigenvalue weighted by Gasteiger charge is -2.64. The number of fused-ring (bicyclic) bond motifs is 4. The molecule has 3 aliphatic rings. The number of nitrogens with zero attached hydrogens (tertiary/aromatic N) is 1. The van der Waals surface area contributed by atoms with Crippen LogP contribution in [0.15, 0.2) is 70.6 Å². The topological polar surface area (TPSA) is 37.4 Å². The third kappa shape index (κ3) is 4.17. The van der Waals surface area contributed by atoms with E-state index in [0.29, 0.717) is 16.7 Å². The second-order valence-corrected chi connectivity index (χ2v) is 14.1. The summed E-state index contributed by atoms with van der Waals surface area (Å²) in [6, 6.07) is 16.8. The third-order valence-electron chi connectivity index (χ3n) is 10.5. The number of sulfonamides is 1. The van der Waals surface area contributed by atoms with Gasteiger partial charge in [0.15, 0.2) is 0 Å². The molecule has 0 spiro atoms. The van der Waals surface area contributed by atoms with Crippen LogP contribution in [-0.2, 0) is 10.0 Å². The Kier molecular flexibility index (Phi) is 7.80. The summed E-state index contributed by atoms with van der Waals surface area (Å²) in [4.78, 5) is 0.365. The predicted octanol–water partition coefficient (Wildman–Crippen LogP) is 8.47. The molecule has 4 heteroatoms. The molecular formula is C32H47NO2S. The summed E-state index contributed by atoms with van der Waals surface area (Å²) in [6.45, 7) is 13.6. The largest absolute Gasteiger partial charge is 0.244 e. The monoisotopic (exact) mass is 509 g/mol. The Morgan fingerprint density at radius 1 is 0.667 bits per heavy atom. The van der Waals surface area contributed by atoms with Crippen molar-refractivity contribution in [2.75, 3.05) is 0 Å². The molecule has 0 aromatic heterocycles. The zero-order chi connectivity index (χ0) is 26.2. The van der Waals surface area contributed by atoms with Gasteiger partial charge in [0.1, 0.15) is 0 Å². The van der Waals surface area contributed by atoms with Crippen LogP contribution in [-0.4, -0.2) is 23.8 Å². The minimum absolute atomic E-state index is 0.182. The Morgan fingerprint density at radius 2 is 1.11 bits per heavy atom. The fourth-order valence-electron chi connectivity index (χ4n) is 8.04. The van der Waals surface area contributed by atoms with Crippen molar-refractivity contribution in [2.45, 2.75) is 115 Å². The van der Waals surface area contributed by atoms with Crippen LogP contribution in [0.3, 0.4) is 0 Å². The molecule has 2 aliphatic heterocycles. The highest BCUT2D eigenvalue weighted by Gasteiger charge is 2.71. The van der Waals surface area contributed by atoms with E-state index in [1.807, 2.05) is 46.8 Å². The molecule has 1 saturated heterocycles. The summed E-state index contributed by atoms with van der Waals surface area (Å²) in [6.07, 6.45) is 11.3. The fraction of sp³-hybridized carbons (Fsp3) is 0.625. The van der Waals surface area contributed by atoms with Gasteiger partial charge in [-0.05, 0) is 69.9 Å². The lowest BCUT2D eigenvalue weighted by Crippen LogP contribution is -2.71. The van der Waals surface area contributed by atoms with Crippen molar-refractivity contribution < 1.29 is 8.42 Å². The maximum atomic E-state index is 14.8. The van der Waals surface area contributed by atoms with Gasteiger partial charge in [-0.25, -0.2) is 8.42 Å². The van der Waals surface area contributed by atoms with Gasteiger partial charge < -0.3 is 0 Å². The molecule has 36 heavy (non-hydrogen) atoms. The van der Waals surface area contributed by atoms with Crippen molar-refractivity contribution >= 4 is 10.0 Å². The van der Waals surface area contributed by atoms with Crippen molar-refractivity contribution in [2.24, 2.45) is 17.3 Å². The minimum atomic E-state index is -3.78. The van der Waals surface area contributed by atoms with Crippen molar-refractivity contribution in [3.05, 3.63) is 65.7 Å². The van der Waals surface area contributed by atoms with Crippen molar-refractivity contribution in [3.63, 3.8) is 0 Å². The molecule has 1 aliphatic carbocycles. The van der Waals surface area contributed by atoms with E-state index < -0.39 is 21.1 Å². The molecule has 3 nitrogen and oxygen atoms in total. The van der Waals surface area contributed by atoms with Gasteiger partial charge in [0.25, 0.3) is 0 Å². The first-order chi connectivity index (χ1) is 17.0. The van der Waals surface area contributed by atoms with E-state index >= 15 is 0 Å². The molecular weight excluding hydrogens is 462 g/mol. The molecule has 1 aromatic carbocycles. The summed E-state index contributed by atoms with van der Waals surface area (Å²) >= 11 is 0. The molecule has 4 atom stereocenters. The maximum absolute atomic E-state index is 14.8. The first kappa shape index (κ1) is 27.4. The van der Waals surface area contributed by atoms with Gasteiger partial charge in [-0.15, -0.1) is 0 Å². The molecule has 1 aromatic rings. The van der Waals surface area contributed by atoms with E-state index in [1.165, 1.54) is 62.5 Å². The zero-order valence-electron chi connectivity index (χ0n) is 23.4. The van der Waals surface area contributed by atoms with Gasteiger partial charge in [0.2, 0.25) is 10.0 Å². The summed E-state index contributed by atoms with van der Waals surface area (Å²) in [7, 11) is -3.78. The van der Waals surface area contributed by atoms with E-state index in [4.69, 9.17) is 0 Å². The Labute approximate surface area is 220 Å². The van der Waals surface area contributed by atoms with Crippen LogP contribution in [0, 0.1) is 17.3 Å². The molecule has 0 N–H and O–H groups in total. The van der Waals surface area contributed by atoms with Gasteiger partial charge in [0.05, 0.1) is 16.0 Å². The van der Waals surface area contributed by atoms with Crippen LogP contribution in [0.4, 0.5) is 0 Å². The predicted molar refractivity (Wildman–Crippen MR) is 151 cm³/mol. The quantitative estimate of drug-likeness (QED) is 0.375. The van der Waals surface area contributed by atoms with Crippen molar-refractivity contribution in [3.8, 4) is 0 Å². The smallest absolute Gasteiger partial charge is 0.207 e. The van der Waals surface area contributed by atoms with E-state index in [1.54, 1.807) is 12.1 Å². The maximum Gasteiger partial charge on any atom is 0.244 e. The van der Waals surface area contributed by atoms with Crippen LogP contribution in [0.25, 0.3) is 0 Å². The van der Waals surface area contributed by atoms with Gasteiger partial charge in [-0.3, -0.25) is 0 Å². The first-order valence-electron chi connectivity index (χ1n) is 14.1.